The van der Waals surface area contributed by atoms with Crippen molar-refractivity contribution in [1.82, 2.24) is 5.32 Å². The summed E-state index contributed by atoms with van der Waals surface area (Å²) in [5.74, 6) is -0.481. The van der Waals surface area contributed by atoms with Crippen LogP contribution in [0.4, 0.5) is 13.2 Å². The van der Waals surface area contributed by atoms with E-state index in [0.717, 1.165) is 19.3 Å². The third kappa shape index (κ3) is 8.91. The van der Waals surface area contributed by atoms with E-state index in [-0.39, 0.29) is 34.8 Å². The molecule has 0 radical (unpaired) electrons. The molecule has 0 spiro atoms. The van der Waals surface area contributed by atoms with Crippen LogP contribution < -0.4 is 5.32 Å². The van der Waals surface area contributed by atoms with E-state index in [1.54, 1.807) is 6.07 Å². The van der Waals surface area contributed by atoms with Gasteiger partial charge in [0.05, 0.1) is 6.61 Å². The fourth-order valence-electron chi connectivity index (χ4n) is 3.39. The van der Waals surface area contributed by atoms with Crippen molar-refractivity contribution in [2.75, 3.05) is 18.9 Å². The molecule has 0 fully saturated rings. The highest BCUT2D eigenvalue weighted by atomic mass is 32.2. The van der Waals surface area contributed by atoms with Gasteiger partial charge in [-0.2, -0.15) is 0 Å². The van der Waals surface area contributed by atoms with E-state index in [9.17, 15) is 17.7 Å². The van der Waals surface area contributed by atoms with Gasteiger partial charge in [-0.1, -0.05) is 38.5 Å². The number of thioether (sulfide) groups is 1. The molecule has 178 valence electrons. The van der Waals surface area contributed by atoms with Gasteiger partial charge in [-0.3, -0.25) is 4.57 Å². The zero-order chi connectivity index (χ0) is 23.6. The van der Waals surface area contributed by atoms with Crippen LogP contribution in [0.3, 0.4) is 0 Å². The van der Waals surface area contributed by atoms with Gasteiger partial charge in [0.1, 0.15) is 17.5 Å². The predicted molar refractivity (Wildman–Crippen MR) is 124 cm³/mol. The van der Waals surface area contributed by atoms with Gasteiger partial charge in [-0.05, 0) is 60.7 Å². The average molecular weight is 490 g/mol. The Bertz CT molecular complexity index is 899. The van der Waals surface area contributed by atoms with Gasteiger partial charge in [0.2, 0.25) is 0 Å². The molecule has 9 heteroatoms. The zero-order valence-corrected chi connectivity index (χ0v) is 20.2. The van der Waals surface area contributed by atoms with E-state index >= 15 is 0 Å². The summed E-state index contributed by atoms with van der Waals surface area (Å²) in [7, 11) is -2.93. The van der Waals surface area contributed by atoms with E-state index in [0.29, 0.717) is 24.3 Å². The smallest absolute Gasteiger partial charge is 0.316 e. The van der Waals surface area contributed by atoms with Crippen molar-refractivity contribution in [3.63, 3.8) is 0 Å². The van der Waals surface area contributed by atoms with E-state index in [4.69, 9.17) is 4.89 Å². The quantitative estimate of drug-likeness (QED) is 0.187. The van der Waals surface area contributed by atoms with Crippen LogP contribution in [-0.2, 0) is 21.0 Å². The van der Waals surface area contributed by atoms with E-state index in [1.165, 1.54) is 30.0 Å². The number of benzene rings is 2. The lowest BCUT2D eigenvalue weighted by Crippen LogP contribution is -2.18. The molecule has 1 atom stereocenters. The summed E-state index contributed by atoms with van der Waals surface area (Å²) in [5.41, 5.74) is 0.640. The van der Waals surface area contributed by atoms with Gasteiger partial charge in [-0.15, -0.1) is 11.8 Å². The molecule has 0 aromatic heterocycles. The Balaban J connectivity index is 1.75. The molecule has 2 aromatic rings. The second kappa shape index (κ2) is 13.4. The zero-order valence-electron chi connectivity index (χ0n) is 18.4. The van der Waals surface area contributed by atoms with Gasteiger partial charge in [0, 0.05) is 17.0 Å². The van der Waals surface area contributed by atoms with Crippen LogP contribution in [-0.4, -0.2) is 23.8 Å². The molecule has 0 aliphatic carbocycles. The maximum absolute atomic E-state index is 14.4. The van der Waals surface area contributed by atoms with Gasteiger partial charge in [0.15, 0.2) is 0 Å². The molecule has 0 heterocycles. The molecule has 0 saturated heterocycles. The fraction of sp³-hybridized carbons (Fsp3) is 0.478. The lowest BCUT2D eigenvalue weighted by Gasteiger charge is -2.25. The molecule has 0 saturated carbocycles. The maximum Gasteiger partial charge on any atom is 0.316 e. The van der Waals surface area contributed by atoms with E-state index in [1.807, 2.05) is 26.0 Å². The predicted octanol–water partition coefficient (Wildman–Crippen LogP) is 6.22. The first-order valence-electron chi connectivity index (χ1n) is 10.6. The minimum atomic E-state index is -2.93. The summed E-state index contributed by atoms with van der Waals surface area (Å²) < 4.78 is 57.7. The molecule has 0 bridgehead atoms. The topological polar surface area (TPSA) is 58.6 Å². The van der Waals surface area contributed by atoms with Crippen LogP contribution in [0.5, 0.6) is 0 Å². The van der Waals surface area contributed by atoms with Crippen molar-refractivity contribution in [3.05, 3.63) is 65.0 Å². The van der Waals surface area contributed by atoms with E-state index in [2.05, 4.69) is 9.84 Å². The molecule has 32 heavy (non-hydrogen) atoms. The number of rotatable bonds is 14. The fourth-order valence-corrected chi connectivity index (χ4v) is 4.66. The SMILES string of the molecule is CC(C)(CCCCSc1cc(F)c(CNCCCO[PH](=O)O)cc1F)c1ccccc1F. The molecule has 2 rings (SSSR count). The Labute approximate surface area is 192 Å². The number of hydrogen-bond acceptors (Lipinski definition) is 4. The number of nitrogens with one attached hydrogen (secondary N) is 1. The molecule has 2 aromatic carbocycles. The van der Waals surface area contributed by atoms with Crippen LogP contribution in [0.2, 0.25) is 0 Å². The highest BCUT2D eigenvalue weighted by Crippen LogP contribution is 2.32. The largest absolute Gasteiger partial charge is 0.326 e. The van der Waals surface area contributed by atoms with Crippen LogP contribution in [0, 0.1) is 17.5 Å². The number of unbranched alkanes of at least 4 members (excludes halogenated alkanes) is 1. The second-order valence-electron chi connectivity index (χ2n) is 8.19. The Hall–Kier alpha value is -1.31. The summed E-state index contributed by atoms with van der Waals surface area (Å²) in [6, 6.07) is 9.22. The minimum Gasteiger partial charge on any atom is -0.326 e. The Morgan fingerprint density at radius 1 is 1.06 bits per heavy atom. The van der Waals surface area contributed by atoms with E-state index < -0.39 is 19.9 Å². The monoisotopic (exact) mass is 489 g/mol. The Morgan fingerprint density at radius 2 is 1.81 bits per heavy atom. The lowest BCUT2D eigenvalue weighted by molar-refractivity contribution is 0.276. The summed E-state index contributed by atoms with van der Waals surface area (Å²) in [5, 5.41) is 2.96. The summed E-state index contributed by atoms with van der Waals surface area (Å²) in [6.07, 6.45) is 2.96. The molecule has 0 amide bonds. The number of halogens is 3. The standard InChI is InChI=1S/C23H31F3NO3PS/c1-23(2,18-8-3-4-9-19(18)24)10-5-6-13-32-22-15-20(25)17(14-21(22)26)16-27-11-7-12-30-31(28)29/h3-4,8-9,14-15,27,31H,5-7,10-13,16H2,1-2H3,(H,28,29). The number of hydrogen-bond donors (Lipinski definition) is 2. The van der Waals surface area contributed by atoms with Crippen molar-refractivity contribution < 1.29 is 27.2 Å². The van der Waals surface area contributed by atoms with Crippen molar-refractivity contribution in [1.29, 1.82) is 0 Å². The maximum atomic E-state index is 14.4. The molecule has 0 aliphatic rings. The molecular formula is C23H31F3NO3PS. The van der Waals surface area contributed by atoms with Gasteiger partial charge >= 0.3 is 8.25 Å². The summed E-state index contributed by atoms with van der Waals surface area (Å²) in [4.78, 5) is 8.84. The molecule has 2 N–H and O–H groups in total. The van der Waals surface area contributed by atoms with Crippen molar-refractivity contribution in [2.24, 2.45) is 0 Å². The van der Waals surface area contributed by atoms with Crippen molar-refractivity contribution in [2.45, 2.75) is 56.4 Å². The summed E-state index contributed by atoms with van der Waals surface area (Å²) >= 11 is 1.28. The highest BCUT2D eigenvalue weighted by Gasteiger charge is 2.23. The molecule has 0 aliphatic heterocycles. The first kappa shape index (κ1) is 26.9. The van der Waals surface area contributed by atoms with Gasteiger partial charge in [0.25, 0.3) is 0 Å². The van der Waals surface area contributed by atoms with Crippen LogP contribution in [0.1, 0.15) is 50.7 Å². The van der Waals surface area contributed by atoms with Crippen LogP contribution in [0.15, 0.2) is 41.3 Å². The molecular weight excluding hydrogens is 458 g/mol. The lowest BCUT2D eigenvalue weighted by atomic mass is 9.80. The van der Waals surface area contributed by atoms with Crippen molar-refractivity contribution >= 4 is 20.0 Å². The molecule has 1 unspecified atom stereocenters. The third-order valence-corrected chi connectivity index (χ3v) is 6.76. The molecule has 4 nitrogen and oxygen atoms in total. The minimum absolute atomic E-state index is 0.130. The summed E-state index contributed by atoms with van der Waals surface area (Å²) in [6.45, 7) is 4.78. The Kier molecular flexibility index (Phi) is 11.3. The van der Waals surface area contributed by atoms with Gasteiger partial charge < -0.3 is 14.7 Å². The van der Waals surface area contributed by atoms with Crippen LogP contribution >= 0.6 is 20.0 Å². The van der Waals surface area contributed by atoms with Crippen LogP contribution in [0.25, 0.3) is 0 Å². The first-order chi connectivity index (χ1) is 15.2. The van der Waals surface area contributed by atoms with Gasteiger partial charge in [-0.25, -0.2) is 13.2 Å². The van der Waals surface area contributed by atoms with Crippen molar-refractivity contribution in [3.8, 4) is 0 Å². The second-order valence-corrected chi connectivity index (χ2v) is 10.1. The Morgan fingerprint density at radius 3 is 2.53 bits per heavy atom. The average Bonchev–Trinajstić information content (AvgIpc) is 2.73. The highest BCUT2D eigenvalue weighted by molar-refractivity contribution is 7.99. The normalized spacial score (nSPS) is 12.8. The first-order valence-corrected chi connectivity index (χ1v) is 12.9. The third-order valence-electron chi connectivity index (χ3n) is 5.20.